The summed E-state index contributed by atoms with van der Waals surface area (Å²) in [7, 11) is 0. The standard InChI is InChI=1S/C23H23NO6/c1-12(25)29-14-9-10-18(20(11-14)30-13(2)26)21-16-6-3-5-15(16)17-7-4-8-19(23(27)28)22(17)24-21/h3-5,7-11,15-16,21,23-24,27-28H,6H2,1-2H3. The molecular weight excluding hydrogens is 386 g/mol. The highest BCUT2D eigenvalue weighted by molar-refractivity contribution is 5.72. The molecule has 3 N–H and O–H groups in total. The number of anilines is 1. The Kier molecular flexibility index (Phi) is 5.32. The number of benzene rings is 2. The lowest BCUT2D eigenvalue weighted by atomic mass is 9.76. The summed E-state index contributed by atoms with van der Waals surface area (Å²) in [6, 6.07) is 10.2. The van der Waals surface area contributed by atoms with Crippen LogP contribution in [0.4, 0.5) is 5.69 Å². The van der Waals surface area contributed by atoms with Crippen molar-refractivity contribution in [3.05, 3.63) is 65.2 Å². The summed E-state index contributed by atoms with van der Waals surface area (Å²) in [5.41, 5.74) is 2.79. The molecule has 156 valence electrons. The number of hydrogen-bond acceptors (Lipinski definition) is 7. The van der Waals surface area contributed by atoms with Crippen molar-refractivity contribution >= 4 is 17.6 Å². The highest BCUT2D eigenvalue weighted by Crippen LogP contribution is 2.52. The summed E-state index contributed by atoms with van der Waals surface area (Å²) in [6.45, 7) is 2.61. The van der Waals surface area contributed by atoms with Gasteiger partial charge in [0.2, 0.25) is 0 Å². The number of esters is 2. The van der Waals surface area contributed by atoms with E-state index in [1.165, 1.54) is 19.9 Å². The monoisotopic (exact) mass is 409 g/mol. The van der Waals surface area contributed by atoms with E-state index in [0.717, 1.165) is 17.5 Å². The van der Waals surface area contributed by atoms with Gasteiger partial charge in [-0.05, 0) is 30.0 Å². The number of carbonyl (C=O) groups is 2. The molecule has 0 spiro atoms. The van der Waals surface area contributed by atoms with Crippen LogP contribution >= 0.6 is 0 Å². The van der Waals surface area contributed by atoms with Gasteiger partial charge in [-0.1, -0.05) is 30.4 Å². The molecule has 30 heavy (non-hydrogen) atoms. The first-order valence-corrected chi connectivity index (χ1v) is 9.78. The Labute approximate surface area is 173 Å². The Morgan fingerprint density at radius 2 is 1.83 bits per heavy atom. The number of allylic oxidation sites excluding steroid dienone is 2. The van der Waals surface area contributed by atoms with E-state index in [2.05, 4.69) is 17.5 Å². The van der Waals surface area contributed by atoms with E-state index in [1.807, 2.05) is 12.1 Å². The number of hydrogen-bond donors (Lipinski definition) is 3. The zero-order valence-corrected chi connectivity index (χ0v) is 16.7. The van der Waals surface area contributed by atoms with E-state index in [9.17, 15) is 19.8 Å². The van der Waals surface area contributed by atoms with Crippen molar-refractivity contribution in [3.63, 3.8) is 0 Å². The molecule has 0 aromatic heterocycles. The van der Waals surface area contributed by atoms with Crippen LogP contribution < -0.4 is 14.8 Å². The predicted molar refractivity (Wildman–Crippen MR) is 109 cm³/mol. The third-order valence-electron chi connectivity index (χ3n) is 5.54. The lowest BCUT2D eigenvalue weighted by Gasteiger charge is -2.39. The van der Waals surface area contributed by atoms with Crippen LogP contribution in [-0.2, 0) is 9.59 Å². The summed E-state index contributed by atoms with van der Waals surface area (Å²) in [4.78, 5) is 23.0. The molecule has 2 aliphatic rings. The maximum Gasteiger partial charge on any atom is 0.308 e. The fourth-order valence-electron chi connectivity index (χ4n) is 4.41. The van der Waals surface area contributed by atoms with Crippen molar-refractivity contribution in [1.29, 1.82) is 0 Å². The van der Waals surface area contributed by atoms with Gasteiger partial charge >= 0.3 is 11.9 Å². The number of carbonyl (C=O) groups excluding carboxylic acids is 2. The molecule has 0 radical (unpaired) electrons. The first-order valence-electron chi connectivity index (χ1n) is 9.78. The Balaban J connectivity index is 1.80. The van der Waals surface area contributed by atoms with Gasteiger partial charge in [0.1, 0.15) is 11.5 Å². The second-order valence-electron chi connectivity index (χ2n) is 7.55. The van der Waals surface area contributed by atoms with Crippen molar-refractivity contribution in [3.8, 4) is 11.5 Å². The minimum absolute atomic E-state index is 0.0864. The van der Waals surface area contributed by atoms with Crippen molar-refractivity contribution < 1.29 is 29.3 Å². The quantitative estimate of drug-likeness (QED) is 0.308. The van der Waals surface area contributed by atoms with E-state index in [0.29, 0.717) is 17.0 Å². The number of nitrogens with one attached hydrogen (secondary N) is 1. The van der Waals surface area contributed by atoms with Crippen LogP contribution in [0.2, 0.25) is 0 Å². The Hall–Kier alpha value is -3.16. The van der Waals surface area contributed by atoms with Crippen molar-refractivity contribution in [1.82, 2.24) is 0 Å². The van der Waals surface area contributed by atoms with Crippen LogP contribution in [0.3, 0.4) is 0 Å². The zero-order valence-electron chi connectivity index (χ0n) is 16.7. The van der Waals surface area contributed by atoms with Crippen molar-refractivity contribution in [2.75, 3.05) is 5.32 Å². The number of para-hydroxylation sites is 1. The molecule has 0 saturated carbocycles. The van der Waals surface area contributed by atoms with Gasteiger partial charge in [-0.25, -0.2) is 0 Å². The fraction of sp³-hybridized carbons (Fsp3) is 0.304. The van der Waals surface area contributed by atoms with Crippen molar-refractivity contribution in [2.45, 2.75) is 38.5 Å². The molecule has 0 saturated heterocycles. The van der Waals surface area contributed by atoms with Gasteiger partial charge in [0.05, 0.1) is 6.04 Å². The fourth-order valence-corrected chi connectivity index (χ4v) is 4.41. The maximum atomic E-state index is 11.7. The van der Waals surface area contributed by atoms with Crippen molar-refractivity contribution in [2.24, 2.45) is 5.92 Å². The van der Waals surface area contributed by atoms with E-state index < -0.39 is 18.2 Å². The lowest BCUT2D eigenvalue weighted by molar-refractivity contribution is -0.132. The summed E-state index contributed by atoms with van der Waals surface area (Å²) in [5, 5.41) is 23.2. The van der Waals surface area contributed by atoms with Gasteiger partial charge in [0, 0.05) is 42.6 Å². The van der Waals surface area contributed by atoms with Gasteiger partial charge in [-0.15, -0.1) is 0 Å². The Morgan fingerprint density at radius 1 is 1.07 bits per heavy atom. The minimum Gasteiger partial charge on any atom is -0.427 e. The average Bonchev–Trinajstić information content (AvgIpc) is 3.16. The molecule has 0 bridgehead atoms. The van der Waals surface area contributed by atoms with Gasteiger partial charge in [-0.3, -0.25) is 9.59 Å². The topological polar surface area (TPSA) is 105 Å². The van der Waals surface area contributed by atoms with Crippen LogP contribution in [0.25, 0.3) is 0 Å². The molecule has 0 fully saturated rings. The van der Waals surface area contributed by atoms with Gasteiger partial charge in [0.15, 0.2) is 6.29 Å². The summed E-state index contributed by atoms with van der Waals surface area (Å²) in [6.07, 6.45) is 3.44. The summed E-state index contributed by atoms with van der Waals surface area (Å²) in [5.74, 6) is -0.134. The molecular formula is C23H23NO6. The van der Waals surface area contributed by atoms with Crippen LogP contribution in [-0.4, -0.2) is 22.2 Å². The van der Waals surface area contributed by atoms with Crippen LogP contribution in [0, 0.1) is 5.92 Å². The summed E-state index contributed by atoms with van der Waals surface area (Å²) < 4.78 is 10.6. The normalized spacial score (nSPS) is 21.6. The average molecular weight is 409 g/mol. The first kappa shape index (κ1) is 20.1. The number of aliphatic hydroxyl groups is 2. The number of aliphatic hydroxyl groups excluding tert-OH is 1. The smallest absolute Gasteiger partial charge is 0.308 e. The van der Waals surface area contributed by atoms with E-state index >= 15 is 0 Å². The number of rotatable bonds is 4. The van der Waals surface area contributed by atoms with E-state index in [4.69, 9.17) is 9.47 Å². The van der Waals surface area contributed by atoms with E-state index in [-0.39, 0.29) is 23.6 Å². The number of ether oxygens (including phenoxy) is 2. The highest BCUT2D eigenvalue weighted by atomic mass is 16.5. The van der Waals surface area contributed by atoms with Crippen LogP contribution in [0.5, 0.6) is 11.5 Å². The zero-order chi connectivity index (χ0) is 21.4. The highest BCUT2D eigenvalue weighted by Gasteiger charge is 2.40. The van der Waals surface area contributed by atoms with Crippen LogP contribution in [0.1, 0.15) is 55.2 Å². The molecule has 4 rings (SSSR count). The molecule has 3 unspecified atom stereocenters. The molecule has 7 heteroatoms. The third kappa shape index (κ3) is 3.69. The minimum atomic E-state index is -1.62. The Bertz CT molecular complexity index is 1030. The third-order valence-corrected chi connectivity index (χ3v) is 5.54. The van der Waals surface area contributed by atoms with E-state index in [1.54, 1.807) is 18.2 Å². The SMILES string of the molecule is CC(=O)Oc1ccc(C2Nc3c(C(O)O)cccc3C3C=CCC32)c(OC(C)=O)c1. The maximum absolute atomic E-state index is 11.7. The first-order chi connectivity index (χ1) is 14.3. The molecule has 0 amide bonds. The van der Waals surface area contributed by atoms with Gasteiger partial charge in [-0.2, -0.15) is 0 Å². The predicted octanol–water partition coefficient (Wildman–Crippen LogP) is 3.35. The molecule has 2 aromatic rings. The molecule has 1 aliphatic heterocycles. The van der Waals surface area contributed by atoms with Gasteiger partial charge < -0.3 is 25.0 Å². The van der Waals surface area contributed by atoms with Crippen LogP contribution in [0.15, 0.2) is 48.6 Å². The summed E-state index contributed by atoms with van der Waals surface area (Å²) >= 11 is 0. The largest absolute Gasteiger partial charge is 0.427 e. The van der Waals surface area contributed by atoms with Gasteiger partial charge in [0.25, 0.3) is 0 Å². The number of fused-ring (bicyclic) bond motifs is 3. The lowest BCUT2D eigenvalue weighted by Crippen LogP contribution is -2.30. The Morgan fingerprint density at radius 3 is 2.53 bits per heavy atom. The second kappa shape index (κ2) is 7.93. The molecule has 1 aliphatic carbocycles. The second-order valence-corrected chi connectivity index (χ2v) is 7.55. The molecule has 2 aromatic carbocycles. The molecule has 3 atom stereocenters. The molecule has 7 nitrogen and oxygen atoms in total. The molecule has 1 heterocycles.